The van der Waals surface area contributed by atoms with Gasteiger partial charge in [-0.2, -0.15) is 0 Å². The van der Waals surface area contributed by atoms with Gasteiger partial charge in [-0.1, -0.05) is 0 Å². The Labute approximate surface area is 81.7 Å². The number of rotatable bonds is 5. The van der Waals surface area contributed by atoms with Crippen molar-refractivity contribution in [1.29, 1.82) is 0 Å². The number of aromatic nitrogens is 1. The molecule has 78 valence electrons. The maximum absolute atomic E-state index is 11.2. The van der Waals surface area contributed by atoms with Crippen LogP contribution in [0.15, 0.2) is 23.1 Å². The molecule has 0 aliphatic heterocycles. The van der Waals surface area contributed by atoms with Crippen LogP contribution in [-0.2, 0) is 11.3 Å². The Morgan fingerprint density at radius 3 is 2.93 bits per heavy atom. The van der Waals surface area contributed by atoms with E-state index in [0.717, 1.165) is 0 Å². The van der Waals surface area contributed by atoms with E-state index in [1.54, 1.807) is 12.3 Å². The summed E-state index contributed by atoms with van der Waals surface area (Å²) in [5.74, 6) is 0. The van der Waals surface area contributed by atoms with Gasteiger partial charge >= 0.3 is 0 Å². The highest BCUT2D eigenvalue weighted by atomic mass is 16.5. The standard InChI is InChI=1S/C9H14N2O3/c10-8-1-2-9(13)11(7-8)3-5-14-6-4-12/h1-2,7,12H,3-6,10H2. The minimum absolute atomic E-state index is 0.00811. The molecule has 0 aliphatic carbocycles. The van der Waals surface area contributed by atoms with Gasteiger partial charge in [0.15, 0.2) is 0 Å². The topological polar surface area (TPSA) is 77.5 Å². The first kappa shape index (κ1) is 10.7. The van der Waals surface area contributed by atoms with Crippen LogP contribution < -0.4 is 11.3 Å². The number of pyridine rings is 1. The predicted molar refractivity (Wildman–Crippen MR) is 53.0 cm³/mol. The molecule has 3 N–H and O–H groups in total. The van der Waals surface area contributed by atoms with Gasteiger partial charge in [0.1, 0.15) is 0 Å². The summed E-state index contributed by atoms with van der Waals surface area (Å²) in [6, 6.07) is 2.98. The zero-order valence-corrected chi connectivity index (χ0v) is 7.85. The maximum atomic E-state index is 11.2. The van der Waals surface area contributed by atoms with Crippen molar-refractivity contribution in [1.82, 2.24) is 4.57 Å². The summed E-state index contributed by atoms with van der Waals surface area (Å²) in [5, 5.41) is 8.45. The molecule has 0 amide bonds. The molecule has 0 aromatic carbocycles. The fourth-order valence-electron chi connectivity index (χ4n) is 1.05. The SMILES string of the molecule is Nc1ccc(=O)n(CCOCCO)c1. The van der Waals surface area contributed by atoms with Crippen LogP contribution in [0.4, 0.5) is 5.69 Å². The average molecular weight is 198 g/mol. The fraction of sp³-hybridized carbons (Fsp3) is 0.444. The van der Waals surface area contributed by atoms with Crippen LogP contribution in [0.2, 0.25) is 0 Å². The molecule has 5 nitrogen and oxygen atoms in total. The average Bonchev–Trinajstić information content (AvgIpc) is 2.18. The summed E-state index contributed by atoms with van der Waals surface area (Å²) >= 11 is 0. The van der Waals surface area contributed by atoms with E-state index < -0.39 is 0 Å². The van der Waals surface area contributed by atoms with Gasteiger partial charge in [0, 0.05) is 24.5 Å². The molecule has 0 spiro atoms. The summed E-state index contributed by atoms with van der Waals surface area (Å²) < 4.78 is 6.51. The molecule has 0 aliphatic rings. The van der Waals surface area contributed by atoms with Crippen molar-refractivity contribution in [3.63, 3.8) is 0 Å². The largest absolute Gasteiger partial charge is 0.398 e. The van der Waals surface area contributed by atoms with E-state index in [9.17, 15) is 4.79 Å². The molecule has 0 radical (unpaired) electrons. The lowest BCUT2D eigenvalue weighted by Gasteiger charge is -2.06. The van der Waals surface area contributed by atoms with Gasteiger partial charge in [0.05, 0.1) is 19.8 Å². The highest BCUT2D eigenvalue weighted by Gasteiger charge is 1.95. The lowest BCUT2D eigenvalue weighted by molar-refractivity contribution is 0.0866. The second-order valence-corrected chi connectivity index (χ2v) is 2.83. The van der Waals surface area contributed by atoms with Gasteiger partial charge in [-0.3, -0.25) is 4.79 Å². The quantitative estimate of drug-likeness (QED) is 0.622. The van der Waals surface area contributed by atoms with Crippen LogP contribution in [-0.4, -0.2) is 29.5 Å². The molecule has 1 heterocycles. The summed E-state index contributed by atoms with van der Waals surface area (Å²) in [5.41, 5.74) is 5.96. The van der Waals surface area contributed by atoms with E-state index in [4.69, 9.17) is 15.6 Å². The van der Waals surface area contributed by atoms with Crippen LogP contribution in [0.5, 0.6) is 0 Å². The second-order valence-electron chi connectivity index (χ2n) is 2.83. The number of ether oxygens (including phenoxy) is 1. The normalized spacial score (nSPS) is 10.4. The van der Waals surface area contributed by atoms with E-state index >= 15 is 0 Å². The number of nitrogens with two attached hydrogens (primary N) is 1. The minimum Gasteiger partial charge on any atom is -0.398 e. The molecule has 0 saturated heterocycles. The molecular formula is C9H14N2O3. The van der Waals surface area contributed by atoms with E-state index in [0.29, 0.717) is 18.8 Å². The number of hydrogen-bond donors (Lipinski definition) is 2. The molecule has 0 bridgehead atoms. The van der Waals surface area contributed by atoms with Gasteiger partial charge in [0.25, 0.3) is 5.56 Å². The Kier molecular flexibility index (Phi) is 4.15. The Bertz CT molecular complexity index is 335. The summed E-state index contributed by atoms with van der Waals surface area (Å²) in [4.78, 5) is 11.2. The van der Waals surface area contributed by atoms with Gasteiger partial charge in [-0.05, 0) is 6.07 Å². The number of aliphatic hydroxyl groups is 1. The molecule has 1 aromatic rings. The molecule has 0 saturated carbocycles. The van der Waals surface area contributed by atoms with Crippen molar-refractivity contribution < 1.29 is 9.84 Å². The van der Waals surface area contributed by atoms with Gasteiger partial charge < -0.3 is 20.1 Å². The van der Waals surface area contributed by atoms with Crippen molar-refractivity contribution in [2.24, 2.45) is 0 Å². The van der Waals surface area contributed by atoms with Crippen molar-refractivity contribution in [3.05, 3.63) is 28.7 Å². The van der Waals surface area contributed by atoms with Crippen LogP contribution in [0.3, 0.4) is 0 Å². The highest BCUT2D eigenvalue weighted by molar-refractivity contribution is 5.33. The molecule has 5 heteroatoms. The van der Waals surface area contributed by atoms with Crippen LogP contribution in [0.1, 0.15) is 0 Å². The van der Waals surface area contributed by atoms with Crippen LogP contribution in [0, 0.1) is 0 Å². The molecular weight excluding hydrogens is 184 g/mol. The van der Waals surface area contributed by atoms with E-state index in [2.05, 4.69) is 0 Å². The zero-order valence-electron chi connectivity index (χ0n) is 7.85. The molecule has 14 heavy (non-hydrogen) atoms. The minimum atomic E-state index is -0.105. The Morgan fingerprint density at radius 2 is 2.21 bits per heavy atom. The van der Waals surface area contributed by atoms with Crippen molar-refractivity contribution in [3.8, 4) is 0 Å². The first-order valence-corrected chi connectivity index (χ1v) is 4.38. The molecule has 1 aromatic heterocycles. The molecule has 0 unspecified atom stereocenters. The molecule has 0 atom stereocenters. The first-order chi connectivity index (χ1) is 6.74. The predicted octanol–water partition coefficient (Wildman–Crippen LogP) is -0.561. The number of anilines is 1. The lowest BCUT2D eigenvalue weighted by Crippen LogP contribution is -2.21. The van der Waals surface area contributed by atoms with Gasteiger partial charge in [0.2, 0.25) is 0 Å². The third-order valence-electron chi connectivity index (χ3n) is 1.72. The lowest BCUT2D eigenvalue weighted by atomic mass is 10.4. The first-order valence-electron chi connectivity index (χ1n) is 4.38. The van der Waals surface area contributed by atoms with Gasteiger partial charge in [-0.25, -0.2) is 0 Å². The van der Waals surface area contributed by atoms with Crippen molar-refractivity contribution in [2.75, 3.05) is 25.6 Å². The maximum Gasteiger partial charge on any atom is 0.250 e. The zero-order chi connectivity index (χ0) is 10.4. The second kappa shape index (κ2) is 5.41. The number of aliphatic hydroxyl groups excluding tert-OH is 1. The van der Waals surface area contributed by atoms with Gasteiger partial charge in [-0.15, -0.1) is 0 Å². The van der Waals surface area contributed by atoms with E-state index in [-0.39, 0.29) is 18.8 Å². The van der Waals surface area contributed by atoms with E-state index in [1.165, 1.54) is 10.6 Å². The Morgan fingerprint density at radius 1 is 1.43 bits per heavy atom. The third kappa shape index (κ3) is 3.20. The Balaban J connectivity index is 2.49. The number of nitrogen functional groups attached to an aromatic ring is 1. The van der Waals surface area contributed by atoms with Crippen molar-refractivity contribution in [2.45, 2.75) is 6.54 Å². The summed E-state index contributed by atoms with van der Waals surface area (Å²) in [7, 11) is 0. The summed E-state index contributed by atoms with van der Waals surface area (Å²) in [6.45, 7) is 1.12. The van der Waals surface area contributed by atoms with Crippen LogP contribution >= 0.6 is 0 Å². The highest BCUT2D eigenvalue weighted by Crippen LogP contribution is 1.95. The molecule has 0 fully saturated rings. The monoisotopic (exact) mass is 198 g/mol. The smallest absolute Gasteiger partial charge is 0.250 e. The number of nitrogens with zero attached hydrogens (tertiary/aromatic N) is 1. The molecule has 1 rings (SSSR count). The third-order valence-corrected chi connectivity index (χ3v) is 1.72. The van der Waals surface area contributed by atoms with E-state index in [1.807, 2.05) is 0 Å². The summed E-state index contributed by atoms with van der Waals surface area (Å²) in [6.07, 6.45) is 1.57. The van der Waals surface area contributed by atoms with Crippen LogP contribution in [0.25, 0.3) is 0 Å². The van der Waals surface area contributed by atoms with Crippen molar-refractivity contribution >= 4 is 5.69 Å². The fourth-order valence-corrected chi connectivity index (χ4v) is 1.05. The Hall–Kier alpha value is -1.33. The number of hydrogen-bond acceptors (Lipinski definition) is 4.